The third-order valence-corrected chi connectivity index (χ3v) is 5.96. The van der Waals surface area contributed by atoms with Gasteiger partial charge in [-0.3, -0.25) is 9.59 Å². The van der Waals surface area contributed by atoms with Crippen LogP contribution in [0, 0.1) is 5.92 Å². The summed E-state index contributed by atoms with van der Waals surface area (Å²) in [7, 11) is 0. The van der Waals surface area contributed by atoms with Crippen molar-refractivity contribution in [3.05, 3.63) is 60.6 Å². The molecule has 1 saturated heterocycles. The van der Waals surface area contributed by atoms with Gasteiger partial charge < -0.3 is 14.6 Å². The van der Waals surface area contributed by atoms with Crippen LogP contribution in [-0.4, -0.2) is 28.2 Å². The van der Waals surface area contributed by atoms with Crippen LogP contribution in [0.4, 0.5) is 5.13 Å². The molecule has 4 aromatic rings. The van der Waals surface area contributed by atoms with E-state index in [0.29, 0.717) is 24.0 Å². The van der Waals surface area contributed by atoms with Crippen molar-refractivity contribution in [1.82, 2.24) is 9.88 Å². The average molecular weight is 391 g/mol. The number of hydrogen-bond donors (Lipinski definition) is 1. The molecule has 3 heterocycles. The molecule has 28 heavy (non-hydrogen) atoms. The van der Waals surface area contributed by atoms with Gasteiger partial charge in [-0.05, 0) is 23.6 Å². The molecule has 1 fully saturated rings. The Morgan fingerprint density at radius 2 is 2.11 bits per heavy atom. The summed E-state index contributed by atoms with van der Waals surface area (Å²) in [5.41, 5.74) is 0.889. The summed E-state index contributed by atoms with van der Waals surface area (Å²) in [6.07, 6.45) is 1.79. The standard InChI is InChI=1S/C21H17N3O3S/c25-18-10-14(11-24(18)12-15-5-3-9-27-15)20(26)23-21-22-19-16-6-2-1-4-13(16)7-8-17(19)28-21/h1-9,14H,10-12H2,(H,22,23,26). The largest absolute Gasteiger partial charge is 0.467 e. The fourth-order valence-corrected chi connectivity index (χ4v) is 4.50. The lowest BCUT2D eigenvalue weighted by Gasteiger charge is -2.14. The van der Waals surface area contributed by atoms with Crippen LogP contribution in [0.15, 0.2) is 59.2 Å². The number of aromatic nitrogens is 1. The van der Waals surface area contributed by atoms with Crippen molar-refractivity contribution in [3.8, 4) is 0 Å². The minimum Gasteiger partial charge on any atom is -0.467 e. The van der Waals surface area contributed by atoms with E-state index in [2.05, 4.69) is 16.4 Å². The Kier molecular flexibility index (Phi) is 4.09. The number of rotatable bonds is 4. The first-order valence-corrected chi connectivity index (χ1v) is 9.88. The molecule has 140 valence electrons. The van der Waals surface area contributed by atoms with Gasteiger partial charge in [-0.25, -0.2) is 4.98 Å². The van der Waals surface area contributed by atoms with Crippen LogP contribution < -0.4 is 5.32 Å². The number of anilines is 1. The van der Waals surface area contributed by atoms with E-state index in [0.717, 1.165) is 21.0 Å². The summed E-state index contributed by atoms with van der Waals surface area (Å²) in [5, 5.41) is 5.65. The molecule has 2 aromatic carbocycles. The number of hydrogen-bond acceptors (Lipinski definition) is 5. The van der Waals surface area contributed by atoms with Crippen LogP contribution in [0.2, 0.25) is 0 Å². The molecule has 1 aliphatic rings. The molecule has 0 bridgehead atoms. The van der Waals surface area contributed by atoms with Crippen molar-refractivity contribution < 1.29 is 14.0 Å². The molecular weight excluding hydrogens is 374 g/mol. The zero-order chi connectivity index (χ0) is 19.1. The summed E-state index contributed by atoms with van der Waals surface area (Å²) >= 11 is 1.45. The van der Waals surface area contributed by atoms with Gasteiger partial charge in [0.2, 0.25) is 11.8 Å². The minimum atomic E-state index is -0.383. The monoisotopic (exact) mass is 391 g/mol. The molecule has 0 aliphatic carbocycles. The van der Waals surface area contributed by atoms with Crippen molar-refractivity contribution in [2.45, 2.75) is 13.0 Å². The number of nitrogens with zero attached hydrogens (tertiary/aromatic N) is 2. The zero-order valence-corrected chi connectivity index (χ0v) is 15.7. The Bertz CT molecular complexity index is 1180. The van der Waals surface area contributed by atoms with Gasteiger partial charge in [0.05, 0.1) is 28.9 Å². The Morgan fingerprint density at radius 1 is 1.21 bits per heavy atom. The van der Waals surface area contributed by atoms with Gasteiger partial charge in [0.15, 0.2) is 5.13 Å². The SMILES string of the molecule is O=C(Nc1nc2c(ccc3ccccc32)s1)C1CC(=O)N(Cc2ccco2)C1. The first-order valence-electron chi connectivity index (χ1n) is 9.07. The smallest absolute Gasteiger partial charge is 0.231 e. The highest BCUT2D eigenvalue weighted by Gasteiger charge is 2.35. The second kappa shape index (κ2) is 6.76. The Labute approximate surface area is 164 Å². The number of carbonyl (C=O) groups excluding carboxylic acids is 2. The number of carbonyl (C=O) groups is 2. The van der Waals surface area contributed by atoms with E-state index in [1.54, 1.807) is 17.2 Å². The molecule has 5 rings (SSSR count). The van der Waals surface area contributed by atoms with Crippen LogP contribution in [0.1, 0.15) is 12.2 Å². The number of furan rings is 1. The summed E-state index contributed by atoms with van der Waals surface area (Å²) in [6.45, 7) is 0.780. The maximum atomic E-state index is 12.7. The number of thiazole rings is 1. The van der Waals surface area contributed by atoms with E-state index in [4.69, 9.17) is 4.42 Å². The highest BCUT2D eigenvalue weighted by molar-refractivity contribution is 7.22. The molecule has 1 unspecified atom stereocenters. The van der Waals surface area contributed by atoms with Crippen LogP contribution in [-0.2, 0) is 16.1 Å². The molecule has 6 nitrogen and oxygen atoms in total. The van der Waals surface area contributed by atoms with Gasteiger partial charge in [-0.2, -0.15) is 0 Å². The lowest BCUT2D eigenvalue weighted by atomic mass is 10.1. The van der Waals surface area contributed by atoms with Crippen molar-refractivity contribution >= 4 is 49.3 Å². The second-order valence-electron chi connectivity index (χ2n) is 6.90. The van der Waals surface area contributed by atoms with E-state index in [9.17, 15) is 9.59 Å². The van der Waals surface area contributed by atoms with Gasteiger partial charge in [-0.1, -0.05) is 41.7 Å². The highest BCUT2D eigenvalue weighted by Crippen LogP contribution is 2.32. The van der Waals surface area contributed by atoms with E-state index < -0.39 is 0 Å². The highest BCUT2D eigenvalue weighted by atomic mass is 32.1. The van der Waals surface area contributed by atoms with Crippen molar-refractivity contribution in [2.24, 2.45) is 5.92 Å². The summed E-state index contributed by atoms with van der Waals surface area (Å²) in [4.78, 5) is 31.2. The van der Waals surface area contributed by atoms with Gasteiger partial charge >= 0.3 is 0 Å². The van der Waals surface area contributed by atoms with Crippen molar-refractivity contribution in [1.29, 1.82) is 0 Å². The maximum absolute atomic E-state index is 12.7. The minimum absolute atomic E-state index is 0.0353. The Balaban J connectivity index is 1.33. The predicted octanol–water partition coefficient (Wildman–Crippen LogP) is 4.03. The number of amides is 2. The first kappa shape index (κ1) is 16.9. The number of nitrogens with one attached hydrogen (secondary N) is 1. The third-order valence-electron chi connectivity index (χ3n) is 5.03. The topological polar surface area (TPSA) is 75.4 Å². The lowest BCUT2D eigenvalue weighted by molar-refractivity contribution is -0.128. The molecular formula is C21H17N3O3S. The number of fused-ring (bicyclic) bond motifs is 3. The van der Waals surface area contributed by atoms with Crippen molar-refractivity contribution in [2.75, 3.05) is 11.9 Å². The van der Waals surface area contributed by atoms with Crippen LogP contribution in [0.25, 0.3) is 21.0 Å². The molecule has 1 atom stereocenters. The Morgan fingerprint density at radius 3 is 2.96 bits per heavy atom. The molecule has 0 saturated carbocycles. The van der Waals surface area contributed by atoms with Gasteiger partial charge in [0.25, 0.3) is 0 Å². The lowest BCUT2D eigenvalue weighted by Crippen LogP contribution is -2.27. The molecule has 0 spiro atoms. The predicted molar refractivity (Wildman–Crippen MR) is 108 cm³/mol. The van der Waals surface area contributed by atoms with Gasteiger partial charge in [0, 0.05) is 18.4 Å². The van der Waals surface area contributed by atoms with Crippen molar-refractivity contribution in [3.63, 3.8) is 0 Å². The molecule has 2 aromatic heterocycles. The Hall–Kier alpha value is -3.19. The van der Waals surface area contributed by atoms with E-state index in [-0.39, 0.29) is 24.2 Å². The van der Waals surface area contributed by atoms with Crippen LogP contribution in [0.5, 0.6) is 0 Å². The number of benzene rings is 2. The van der Waals surface area contributed by atoms with Gasteiger partial charge in [-0.15, -0.1) is 0 Å². The molecule has 0 radical (unpaired) electrons. The first-order chi connectivity index (χ1) is 13.7. The van der Waals surface area contributed by atoms with E-state index >= 15 is 0 Å². The average Bonchev–Trinajstić information content (AvgIpc) is 3.42. The van der Waals surface area contributed by atoms with Crippen LogP contribution >= 0.6 is 11.3 Å². The molecule has 1 aliphatic heterocycles. The quantitative estimate of drug-likeness (QED) is 0.570. The summed E-state index contributed by atoms with van der Waals surface area (Å²) in [5.74, 6) is 0.129. The number of likely N-dealkylation sites (tertiary alicyclic amines) is 1. The molecule has 2 amide bonds. The summed E-state index contributed by atoms with van der Waals surface area (Å²) in [6, 6.07) is 15.8. The normalized spacial score (nSPS) is 16.9. The third kappa shape index (κ3) is 3.03. The van der Waals surface area contributed by atoms with E-state index in [1.807, 2.05) is 36.4 Å². The van der Waals surface area contributed by atoms with Gasteiger partial charge in [0.1, 0.15) is 5.76 Å². The maximum Gasteiger partial charge on any atom is 0.231 e. The molecule has 1 N–H and O–H groups in total. The fraction of sp³-hybridized carbons (Fsp3) is 0.190. The second-order valence-corrected chi connectivity index (χ2v) is 7.93. The van der Waals surface area contributed by atoms with Crippen LogP contribution in [0.3, 0.4) is 0 Å². The van der Waals surface area contributed by atoms with E-state index in [1.165, 1.54) is 11.3 Å². The molecule has 7 heteroatoms. The summed E-state index contributed by atoms with van der Waals surface area (Å²) < 4.78 is 6.33. The fourth-order valence-electron chi connectivity index (χ4n) is 3.61. The zero-order valence-electron chi connectivity index (χ0n) is 14.9.